The van der Waals surface area contributed by atoms with Crippen LogP contribution in [0.25, 0.3) is 0 Å². The number of thiocarbonyl (C=S) groups is 1. The highest BCUT2D eigenvalue weighted by molar-refractivity contribution is 7.80. The molecule has 0 aliphatic heterocycles. The molecule has 2 nitrogen and oxygen atoms in total. The summed E-state index contributed by atoms with van der Waals surface area (Å²) in [5.41, 5.74) is 7.89. The van der Waals surface area contributed by atoms with E-state index in [-0.39, 0.29) is 0 Å². The molecule has 0 aliphatic carbocycles. The van der Waals surface area contributed by atoms with Gasteiger partial charge in [-0.25, -0.2) is 0 Å². The lowest BCUT2D eigenvalue weighted by Crippen LogP contribution is -2.22. The van der Waals surface area contributed by atoms with E-state index >= 15 is 0 Å². The Kier molecular flexibility index (Phi) is 4.30. The molecule has 1 aromatic rings. The van der Waals surface area contributed by atoms with Crippen LogP contribution < -0.4 is 11.1 Å². The smallest absolute Gasteiger partial charge is 0.103 e. The highest BCUT2D eigenvalue weighted by atomic mass is 32.1. The Balaban J connectivity index is 2.59. The number of nitrogens with two attached hydrogens (primary N) is 1. The van der Waals surface area contributed by atoms with E-state index in [1.807, 2.05) is 24.3 Å². The largest absolute Gasteiger partial charge is 0.389 e. The minimum Gasteiger partial charge on any atom is -0.389 e. The van der Waals surface area contributed by atoms with Crippen molar-refractivity contribution in [2.24, 2.45) is 11.1 Å². The van der Waals surface area contributed by atoms with Crippen molar-refractivity contribution in [3.8, 4) is 0 Å². The van der Waals surface area contributed by atoms with E-state index in [1.165, 1.54) is 0 Å². The third kappa shape index (κ3) is 3.81. The average Bonchev–Trinajstić information content (AvgIpc) is 2.27. The Bertz CT molecular complexity index is 355. The molecule has 0 unspecified atom stereocenters. The van der Waals surface area contributed by atoms with Crippen LogP contribution in [0.1, 0.15) is 32.8 Å². The zero-order chi connectivity index (χ0) is 12.2. The summed E-state index contributed by atoms with van der Waals surface area (Å²) in [6, 6.07) is 7.92. The van der Waals surface area contributed by atoms with E-state index in [1.54, 1.807) is 0 Å². The summed E-state index contributed by atoms with van der Waals surface area (Å²) in [5.74, 6) is 0. The number of anilines is 1. The Hall–Kier alpha value is -1.09. The zero-order valence-corrected chi connectivity index (χ0v) is 11.0. The van der Waals surface area contributed by atoms with Crippen molar-refractivity contribution in [1.29, 1.82) is 0 Å². The summed E-state index contributed by atoms with van der Waals surface area (Å²) in [5, 5.41) is 3.42. The molecule has 3 N–H and O–H groups in total. The van der Waals surface area contributed by atoms with Gasteiger partial charge in [0.15, 0.2) is 0 Å². The molecule has 0 bridgehead atoms. The van der Waals surface area contributed by atoms with Gasteiger partial charge in [-0.2, -0.15) is 0 Å². The molecule has 0 aliphatic rings. The molecule has 88 valence electrons. The molecule has 1 aromatic carbocycles. The Morgan fingerprint density at radius 2 is 1.88 bits per heavy atom. The second-order valence-corrected chi connectivity index (χ2v) is 5.25. The van der Waals surface area contributed by atoms with Gasteiger partial charge in [0.2, 0.25) is 0 Å². The van der Waals surface area contributed by atoms with Crippen LogP contribution >= 0.6 is 12.2 Å². The standard InChI is InChI=1S/C13H20N2S/c1-4-13(2,3)9-15-11-7-5-10(6-8-11)12(14)16/h5-8,15H,4,9H2,1-3H3,(H2,14,16). The molecule has 3 heteroatoms. The van der Waals surface area contributed by atoms with E-state index in [4.69, 9.17) is 18.0 Å². The van der Waals surface area contributed by atoms with Gasteiger partial charge in [0.1, 0.15) is 4.99 Å². The maximum Gasteiger partial charge on any atom is 0.103 e. The number of hydrogen-bond donors (Lipinski definition) is 2. The van der Waals surface area contributed by atoms with Crippen molar-refractivity contribution in [3.05, 3.63) is 29.8 Å². The quantitative estimate of drug-likeness (QED) is 0.771. The SMILES string of the molecule is CCC(C)(C)CNc1ccc(C(N)=S)cc1. The molecule has 0 saturated carbocycles. The fourth-order valence-electron chi connectivity index (χ4n) is 1.22. The van der Waals surface area contributed by atoms with Crippen LogP contribution in [-0.2, 0) is 0 Å². The van der Waals surface area contributed by atoms with Crippen molar-refractivity contribution in [2.75, 3.05) is 11.9 Å². The summed E-state index contributed by atoms with van der Waals surface area (Å²) in [6.45, 7) is 7.68. The summed E-state index contributed by atoms with van der Waals surface area (Å²) < 4.78 is 0. The lowest BCUT2D eigenvalue weighted by atomic mass is 9.90. The molecule has 1 rings (SSSR count). The topological polar surface area (TPSA) is 38.0 Å². The molecule has 0 saturated heterocycles. The predicted octanol–water partition coefficient (Wildman–Crippen LogP) is 3.17. The fraction of sp³-hybridized carbons (Fsp3) is 0.462. The van der Waals surface area contributed by atoms with E-state index in [0.717, 1.165) is 24.2 Å². The molecule has 0 aromatic heterocycles. The van der Waals surface area contributed by atoms with Gasteiger partial charge < -0.3 is 11.1 Å². The molecule has 0 radical (unpaired) electrons. The highest BCUT2D eigenvalue weighted by Crippen LogP contribution is 2.20. The van der Waals surface area contributed by atoms with E-state index < -0.39 is 0 Å². The first-order chi connectivity index (χ1) is 7.44. The lowest BCUT2D eigenvalue weighted by Gasteiger charge is -2.23. The third-order valence-electron chi connectivity index (χ3n) is 2.90. The van der Waals surface area contributed by atoms with Crippen molar-refractivity contribution in [1.82, 2.24) is 0 Å². The molecule has 16 heavy (non-hydrogen) atoms. The highest BCUT2D eigenvalue weighted by Gasteiger charge is 2.14. The predicted molar refractivity (Wildman–Crippen MR) is 74.9 cm³/mol. The number of benzene rings is 1. The van der Waals surface area contributed by atoms with Crippen molar-refractivity contribution in [3.63, 3.8) is 0 Å². The molecule has 0 atom stereocenters. The zero-order valence-electron chi connectivity index (χ0n) is 10.2. The van der Waals surface area contributed by atoms with Gasteiger partial charge in [0.25, 0.3) is 0 Å². The van der Waals surface area contributed by atoms with Gasteiger partial charge in [-0.05, 0) is 36.1 Å². The van der Waals surface area contributed by atoms with Crippen LogP contribution in [-0.4, -0.2) is 11.5 Å². The van der Waals surface area contributed by atoms with Gasteiger partial charge in [0, 0.05) is 17.8 Å². The Morgan fingerprint density at radius 3 is 2.31 bits per heavy atom. The molecule has 0 heterocycles. The second kappa shape index (κ2) is 5.30. The monoisotopic (exact) mass is 236 g/mol. The van der Waals surface area contributed by atoms with E-state index in [9.17, 15) is 0 Å². The van der Waals surface area contributed by atoms with Crippen LogP contribution in [0.15, 0.2) is 24.3 Å². The average molecular weight is 236 g/mol. The van der Waals surface area contributed by atoms with Gasteiger partial charge in [-0.1, -0.05) is 33.0 Å². The van der Waals surface area contributed by atoms with Gasteiger partial charge >= 0.3 is 0 Å². The van der Waals surface area contributed by atoms with Gasteiger partial charge in [-0.15, -0.1) is 0 Å². The summed E-state index contributed by atoms with van der Waals surface area (Å²) in [7, 11) is 0. The second-order valence-electron chi connectivity index (χ2n) is 4.81. The minimum absolute atomic E-state index is 0.321. The molecular formula is C13H20N2S. The number of hydrogen-bond acceptors (Lipinski definition) is 2. The van der Waals surface area contributed by atoms with Crippen molar-refractivity contribution >= 4 is 22.9 Å². The normalized spacial score (nSPS) is 11.2. The molecule has 0 fully saturated rings. The first-order valence-corrected chi connectivity index (χ1v) is 5.99. The molecular weight excluding hydrogens is 216 g/mol. The van der Waals surface area contributed by atoms with Crippen LogP contribution in [0, 0.1) is 5.41 Å². The number of rotatable bonds is 5. The third-order valence-corrected chi connectivity index (χ3v) is 3.13. The first-order valence-electron chi connectivity index (χ1n) is 5.58. The Labute approximate surface area is 103 Å². The number of nitrogens with one attached hydrogen (secondary N) is 1. The van der Waals surface area contributed by atoms with Crippen LogP contribution in [0.4, 0.5) is 5.69 Å². The van der Waals surface area contributed by atoms with Crippen LogP contribution in [0.2, 0.25) is 0 Å². The van der Waals surface area contributed by atoms with Gasteiger partial charge in [0.05, 0.1) is 0 Å². The maximum atomic E-state index is 5.54. The fourth-order valence-corrected chi connectivity index (χ4v) is 1.35. The molecule has 0 amide bonds. The van der Waals surface area contributed by atoms with Crippen LogP contribution in [0.3, 0.4) is 0 Å². The van der Waals surface area contributed by atoms with E-state index in [0.29, 0.717) is 10.4 Å². The maximum absolute atomic E-state index is 5.54. The first kappa shape index (κ1) is 13.0. The summed E-state index contributed by atoms with van der Waals surface area (Å²) >= 11 is 4.91. The molecule has 0 spiro atoms. The lowest BCUT2D eigenvalue weighted by molar-refractivity contribution is 0.377. The Morgan fingerprint density at radius 1 is 1.31 bits per heavy atom. The minimum atomic E-state index is 0.321. The van der Waals surface area contributed by atoms with Crippen molar-refractivity contribution in [2.45, 2.75) is 27.2 Å². The summed E-state index contributed by atoms with van der Waals surface area (Å²) in [4.78, 5) is 0.445. The van der Waals surface area contributed by atoms with Crippen molar-refractivity contribution < 1.29 is 0 Å². The van der Waals surface area contributed by atoms with Crippen LogP contribution in [0.5, 0.6) is 0 Å². The van der Waals surface area contributed by atoms with Gasteiger partial charge in [-0.3, -0.25) is 0 Å². The summed E-state index contributed by atoms with van der Waals surface area (Å²) in [6.07, 6.45) is 1.16. The van der Waals surface area contributed by atoms with E-state index in [2.05, 4.69) is 26.1 Å².